The van der Waals surface area contributed by atoms with Gasteiger partial charge in [0.2, 0.25) is 5.91 Å². The van der Waals surface area contributed by atoms with Crippen molar-refractivity contribution in [2.75, 3.05) is 13.1 Å². The van der Waals surface area contributed by atoms with Crippen LogP contribution in [0.5, 0.6) is 0 Å². The van der Waals surface area contributed by atoms with Crippen molar-refractivity contribution < 1.29 is 4.79 Å². The molecule has 2 aromatic rings. The fourth-order valence-electron chi connectivity index (χ4n) is 2.89. The number of hydrogen-bond acceptors (Lipinski definition) is 3. The molecule has 1 fully saturated rings. The van der Waals surface area contributed by atoms with E-state index in [1.807, 2.05) is 28.9 Å². The molecule has 0 radical (unpaired) electrons. The summed E-state index contributed by atoms with van der Waals surface area (Å²) in [6.45, 7) is 2.66. The number of carbonyl (C=O) groups is 1. The Morgan fingerprint density at radius 1 is 1.36 bits per heavy atom. The first-order chi connectivity index (χ1) is 10.7. The largest absolute Gasteiger partial charge is 0.350 e. The van der Waals surface area contributed by atoms with E-state index in [0.717, 1.165) is 35.3 Å². The number of aromatic nitrogens is 2. The third kappa shape index (κ3) is 4.08. The molecule has 2 N–H and O–H groups in total. The van der Waals surface area contributed by atoms with E-state index in [0.29, 0.717) is 18.9 Å². The van der Waals surface area contributed by atoms with E-state index in [-0.39, 0.29) is 5.91 Å². The molecule has 0 spiro atoms. The molecule has 1 aliphatic rings. The van der Waals surface area contributed by atoms with Gasteiger partial charge in [-0.25, -0.2) is 4.98 Å². The van der Waals surface area contributed by atoms with Crippen LogP contribution in [0.4, 0.5) is 0 Å². The lowest BCUT2D eigenvalue weighted by molar-refractivity contribution is -0.121. The average molecular weight is 365 g/mol. The number of pyridine rings is 1. The van der Waals surface area contributed by atoms with Crippen LogP contribution in [-0.4, -0.2) is 28.4 Å². The van der Waals surface area contributed by atoms with Gasteiger partial charge >= 0.3 is 0 Å². The number of nitrogens with zero attached hydrogens (tertiary/aromatic N) is 2. The Balaban J connectivity index is 1.47. The molecule has 22 heavy (non-hydrogen) atoms. The zero-order chi connectivity index (χ0) is 15.4. The molecule has 1 saturated heterocycles. The molecular weight excluding hydrogens is 344 g/mol. The first kappa shape index (κ1) is 15.5. The van der Waals surface area contributed by atoms with Crippen molar-refractivity contribution in [3.05, 3.63) is 34.7 Å². The summed E-state index contributed by atoms with van der Waals surface area (Å²) in [6.07, 6.45) is 7.90. The number of amides is 1. The molecule has 0 bridgehead atoms. The molecule has 3 rings (SSSR count). The lowest BCUT2D eigenvalue weighted by atomic mass is 9.93. The van der Waals surface area contributed by atoms with Crippen LogP contribution in [-0.2, 0) is 11.3 Å². The van der Waals surface area contributed by atoms with E-state index >= 15 is 0 Å². The fourth-order valence-corrected chi connectivity index (χ4v) is 3.24. The quantitative estimate of drug-likeness (QED) is 0.856. The number of halogens is 1. The minimum atomic E-state index is 0.122. The molecule has 0 atom stereocenters. The van der Waals surface area contributed by atoms with Crippen LogP contribution in [0.1, 0.15) is 31.4 Å². The highest BCUT2D eigenvalue weighted by atomic mass is 79.9. The zero-order valence-corrected chi connectivity index (χ0v) is 14.1. The average Bonchev–Trinajstić information content (AvgIpc) is 2.94. The normalized spacial score (nSPS) is 16.0. The van der Waals surface area contributed by atoms with Crippen molar-refractivity contribution in [2.45, 2.75) is 32.2 Å². The minimum Gasteiger partial charge on any atom is -0.350 e. The van der Waals surface area contributed by atoms with Crippen LogP contribution in [0, 0.1) is 5.92 Å². The third-order valence-corrected chi connectivity index (χ3v) is 4.64. The van der Waals surface area contributed by atoms with Crippen LogP contribution in [0.25, 0.3) is 5.65 Å². The van der Waals surface area contributed by atoms with Gasteiger partial charge in [-0.2, -0.15) is 0 Å². The SMILES string of the molecule is O=C(CCC1CCNCC1)NCc1cn2cc(Br)ccc2n1. The molecule has 5 nitrogen and oxygen atoms in total. The predicted molar refractivity (Wildman–Crippen MR) is 89.6 cm³/mol. The molecule has 0 aliphatic carbocycles. The van der Waals surface area contributed by atoms with Gasteiger partial charge in [-0.15, -0.1) is 0 Å². The van der Waals surface area contributed by atoms with Gasteiger partial charge in [0.25, 0.3) is 0 Å². The topological polar surface area (TPSA) is 58.4 Å². The Labute approximate surface area is 138 Å². The predicted octanol–water partition coefficient (Wildman–Crippen LogP) is 2.49. The summed E-state index contributed by atoms with van der Waals surface area (Å²) in [7, 11) is 0. The van der Waals surface area contributed by atoms with Crippen LogP contribution in [0.2, 0.25) is 0 Å². The number of hydrogen-bond donors (Lipinski definition) is 2. The van der Waals surface area contributed by atoms with E-state index in [1.165, 1.54) is 12.8 Å². The number of rotatable bonds is 5. The van der Waals surface area contributed by atoms with Crippen LogP contribution >= 0.6 is 15.9 Å². The highest BCUT2D eigenvalue weighted by Crippen LogP contribution is 2.17. The third-order valence-electron chi connectivity index (χ3n) is 4.17. The molecular formula is C16H21BrN4O. The number of carbonyl (C=O) groups excluding carboxylic acids is 1. The first-order valence-corrected chi connectivity index (χ1v) is 8.60. The van der Waals surface area contributed by atoms with Crippen molar-refractivity contribution in [3.63, 3.8) is 0 Å². The lowest BCUT2D eigenvalue weighted by Crippen LogP contribution is -2.29. The van der Waals surface area contributed by atoms with Crippen molar-refractivity contribution in [1.29, 1.82) is 0 Å². The molecule has 6 heteroatoms. The Morgan fingerprint density at radius 3 is 3.00 bits per heavy atom. The van der Waals surface area contributed by atoms with E-state index in [2.05, 4.69) is 31.5 Å². The first-order valence-electron chi connectivity index (χ1n) is 7.81. The van der Waals surface area contributed by atoms with Crippen molar-refractivity contribution in [3.8, 4) is 0 Å². The highest BCUT2D eigenvalue weighted by Gasteiger charge is 2.14. The second-order valence-corrected chi connectivity index (χ2v) is 6.77. The number of fused-ring (bicyclic) bond motifs is 1. The molecule has 3 heterocycles. The second kappa shape index (κ2) is 7.24. The molecule has 0 saturated carbocycles. The summed E-state index contributed by atoms with van der Waals surface area (Å²) in [6, 6.07) is 3.91. The highest BCUT2D eigenvalue weighted by molar-refractivity contribution is 9.10. The number of piperidine rings is 1. The van der Waals surface area contributed by atoms with Gasteiger partial charge in [-0.1, -0.05) is 0 Å². The summed E-state index contributed by atoms with van der Waals surface area (Å²) < 4.78 is 2.97. The summed E-state index contributed by atoms with van der Waals surface area (Å²) in [4.78, 5) is 16.5. The standard InChI is InChI=1S/C16H21BrN4O/c17-13-2-3-15-20-14(11-21(15)10-13)9-19-16(22)4-1-12-5-7-18-8-6-12/h2-3,10-12,18H,1,4-9H2,(H,19,22). The van der Waals surface area contributed by atoms with Gasteiger partial charge in [-0.05, 0) is 66.3 Å². The van der Waals surface area contributed by atoms with E-state index in [4.69, 9.17) is 0 Å². The van der Waals surface area contributed by atoms with E-state index in [1.54, 1.807) is 0 Å². The van der Waals surface area contributed by atoms with Crippen LogP contribution in [0.15, 0.2) is 29.0 Å². The van der Waals surface area contributed by atoms with Gasteiger partial charge in [0.1, 0.15) is 5.65 Å². The molecule has 2 aromatic heterocycles. The van der Waals surface area contributed by atoms with E-state index < -0.39 is 0 Å². The number of imidazole rings is 1. The van der Waals surface area contributed by atoms with Crippen molar-refractivity contribution in [1.82, 2.24) is 20.0 Å². The molecule has 0 unspecified atom stereocenters. The minimum absolute atomic E-state index is 0.122. The van der Waals surface area contributed by atoms with Crippen molar-refractivity contribution >= 4 is 27.5 Å². The van der Waals surface area contributed by atoms with Gasteiger partial charge in [0.05, 0.1) is 12.2 Å². The maximum atomic E-state index is 12.0. The van der Waals surface area contributed by atoms with Gasteiger partial charge in [0.15, 0.2) is 0 Å². The van der Waals surface area contributed by atoms with Crippen LogP contribution in [0.3, 0.4) is 0 Å². The maximum Gasteiger partial charge on any atom is 0.220 e. The maximum absolute atomic E-state index is 12.0. The Morgan fingerprint density at radius 2 is 2.18 bits per heavy atom. The van der Waals surface area contributed by atoms with Crippen LogP contribution < -0.4 is 10.6 Å². The molecule has 0 aromatic carbocycles. The number of nitrogens with one attached hydrogen (secondary N) is 2. The summed E-state index contributed by atoms with van der Waals surface area (Å²) in [5, 5.41) is 6.32. The van der Waals surface area contributed by atoms with Gasteiger partial charge in [0, 0.05) is 23.3 Å². The Kier molecular flexibility index (Phi) is 5.10. The lowest BCUT2D eigenvalue weighted by Gasteiger charge is -2.22. The van der Waals surface area contributed by atoms with Gasteiger partial charge < -0.3 is 15.0 Å². The Bertz CT molecular complexity index is 649. The fraction of sp³-hybridized carbons (Fsp3) is 0.500. The van der Waals surface area contributed by atoms with Gasteiger partial charge in [-0.3, -0.25) is 4.79 Å². The monoisotopic (exact) mass is 364 g/mol. The van der Waals surface area contributed by atoms with E-state index in [9.17, 15) is 4.79 Å². The molecule has 1 amide bonds. The second-order valence-electron chi connectivity index (χ2n) is 5.85. The summed E-state index contributed by atoms with van der Waals surface area (Å²) >= 11 is 3.44. The summed E-state index contributed by atoms with van der Waals surface area (Å²) in [5.41, 5.74) is 1.77. The smallest absolute Gasteiger partial charge is 0.220 e. The molecule has 1 aliphatic heterocycles. The zero-order valence-electron chi connectivity index (χ0n) is 12.5. The Hall–Kier alpha value is -1.40. The summed E-state index contributed by atoms with van der Waals surface area (Å²) in [5.74, 6) is 0.816. The van der Waals surface area contributed by atoms with Crippen molar-refractivity contribution in [2.24, 2.45) is 5.92 Å². The molecule has 118 valence electrons.